The highest BCUT2D eigenvalue weighted by atomic mass is 16.5. The Morgan fingerprint density at radius 2 is 2.05 bits per heavy atom. The average Bonchev–Trinajstić information content (AvgIpc) is 2.48. The topological polar surface area (TPSA) is 105 Å². The Balaban J connectivity index is 2.11. The molecule has 0 spiro atoms. The summed E-state index contributed by atoms with van der Waals surface area (Å²) in [5, 5.41) is 11.8. The second-order valence-electron chi connectivity index (χ2n) is 4.97. The van der Waals surface area contributed by atoms with Gasteiger partial charge in [-0.15, -0.1) is 0 Å². The molecule has 0 aliphatic carbocycles. The summed E-state index contributed by atoms with van der Waals surface area (Å²) in [5.74, 6) is -0.695. The van der Waals surface area contributed by atoms with E-state index in [4.69, 9.17) is 10.5 Å². The van der Waals surface area contributed by atoms with E-state index in [0.717, 1.165) is 12.8 Å². The highest BCUT2D eigenvalue weighted by Gasteiger charge is 2.22. The zero-order valence-electron chi connectivity index (χ0n) is 11.8. The van der Waals surface area contributed by atoms with Gasteiger partial charge in [0.05, 0.1) is 18.4 Å². The van der Waals surface area contributed by atoms with Gasteiger partial charge in [0.15, 0.2) is 0 Å². The van der Waals surface area contributed by atoms with Crippen LogP contribution in [0.2, 0.25) is 0 Å². The van der Waals surface area contributed by atoms with Crippen molar-refractivity contribution in [3.8, 4) is 5.75 Å². The molecule has 7 nitrogen and oxygen atoms in total. The van der Waals surface area contributed by atoms with Crippen LogP contribution in [-0.4, -0.2) is 48.2 Å². The molecule has 1 aromatic rings. The molecule has 1 aliphatic rings. The Hall–Kier alpha value is -2.28. The largest absolute Gasteiger partial charge is 0.497 e. The number of benzene rings is 1. The summed E-state index contributed by atoms with van der Waals surface area (Å²) in [6.07, 6.45) is 1.50. The van der Waals surface area contributed by atoms with Gasteiger partial charge in [-0.3, -0.25) is 0 Å². The molecule has 0 radical (unpaired) electrons. The van der Waals surface area contributed by atoms with Gasteiger partial charge in [-0.2, -0.15) is 0 Å². The van der Waals surface area contributed by atoms with Crippen molar-refractivity contribution in [2.45, 2.75) is 18.9 Å². The Labute approximate surface area is 122 Å². The molecule has 0 unspecified atom stereocenters. The number of carboxylic acids is 1. The number of carboxylic acid groups (broad SMARTS) is 1. The number of nitrogens with two attached hydrogens (primary N) is 1. The number of amides is 2. The highest BCUT2D eigenvalue weighted by Crippen LogP contribution is 2.23. The van der Waals surface area contributed by atoms with Crippen LogP contribution in [0.4, 0.5) is 10.5 Å². The van der Waals surface area contributed by atoms with E-state index < -0.39 is 5.97 Å². The van der Waals surface area contributed by atoms with Gasteiger partial charge in [0.1, 0.15) is 5.75 Å². The third-order valence-corrected chi connectivity index (χ3v) is 3.53. The lowest BCUT2D eigenvalue weighted by Gasteiger charge is -2.30. The second-order valence-corrected chi connectivity index (χ2v) is 4.97. The molecular weight excluding hydrogens is 274 g/mol. The maximum Gasteiger partial charge on any atom is 0.337 e. The normalized spacial score (nSPS) is 15.6. The number of piperidine rings is 1. The summed E-state index contributed by atoms with van der Waals surface area (Å²) in [4.78, 5) is 25.0. The number of methoxy groups -OCH3 is 1. The molecule has 0 aromatic heterocycles. The van der Waals surface area contributed by atoms with Crippen LogP contribution in [0.15, 0.2) is 18.2 Å². The fourth-order valence-corrected chi connectivity index (χ4v) is 2.23. The van der Waals surface area contributed by atoms with Crippen molar-refractivity contribution in [1.82, 2.24) is 4.90 Å². The summed E-state index contributed by atoms with van der Waals surface area (Å²) in [6.45, 7) is 1.15. The fourth-order valence-electron chi connectivity index (χ4n) is 2.23. The number of hydrogen-bond donors (Lipinski definition) is 3. The van der Waals surface area contributed by atoms with E-state index in [1.54, 1.807) is 11.0 Å². The quantitative estimate of drug-likeness (QED) is 0.780. The molecule has 0 atom stereocenters. The van der Waals surface area contributed by atoms with Gasteiger partial charge in [-0.1, -0.05) is 0 Å². The van der Waals surface area contributed by atoms with Crippen LogP contribution in [0.3, 0.4) is 0 Å². The molecule has 4 N–H and O–H groups in total. The van der Waals surface area contributed by atoms with Gasteiger partial charge in [0.2, 0.25) is 0 Å². The molecule has 21 heavy (non-hydrogen) atoms. The predicted molar refractivity (Wildman–Crippen MR) is 77.8 cm³/mol. The number of rotatable bonds is 3. The number of nitrogens with zero attached hydrogens (tertiary/aromatic N) is 1. The van der Waals surface area contributed by atoms with Crippen molar-refractivity contribution in [2.75, 3.05) is 25.5 Å². The Kier molecular flexibility index (Phi) is 4.64. The van der Waals surface area contributed by atoms with Crippen LogP contribution in [0, 0.1) is 0 Å². The molecule has 0 bridgehead atoms. The summed E-state index contributed by atoms with van der Waals surface area (Å²) in [6, 6.07) is 4.33. The van der Waals surface area contributed by atoms with Crippen LogP contribution >= 0.6 is 0 Å². The third kappa shape index (κ3) is 3.63. The van der Waals surface area contributed by atoms with E-state index in [9.17, 15) is 14.7 Å². The zero-order valence-corrected chi connectivity index (χ0v) is 11.8. The standard InChI is InChI=1S/C14H19N3O4/c1-21-10-2-3-12(11(8-10)13(18)19)16-14(20)17-6-4-9(15)5-7-17/h2-3,8-9H,4-7,15H2,1H3,(H,16,20)(H,18,19). The minimum Gasteiger partial charge on any atom is -0.497 e. The molecule has 0 saturated carbocycles. The zero-order chi connectivity index (χ0) is 15.4. The lowest BCUT2D eigenvalue weighted by Crippen LogP contribution is -2.44. The number of aromatic carboxylic acids is 1. The van der Waals surface area contributed by atoms with Crippen molar-refractivity contribution in [1.29, 1.82) is 0 Å². The summed E-state index contributed by atoms with van der Waals surface area (Å²) >= 11 is 0. The monoisotopic (exact) mass is 293 g/mol. The Bertz CT molecular complexity index is 539. The molecular formula is C14H19N3O4. The van der Waals surface area contributed by atoms with Crippen molar-refractivity contribution in [2.24, 2.45) is 5.73 Å². The van der Waals surface area contributed by atoms with Crippen LogP contribution in [-0.2, 0) is 0 Å². The van der Waals surface area contributed by atoms with Crippen molar-refractivity contribution in [3.05, 3.63) is 23.8 Å². The molecule has 114 valence electrons. The lowest BCUT2D eigenvalue weighted by atomic mass is 10.1. The Morgan fingerprint density at radius 3 is 2.62 bits per heavy atom. The first-order valence-electron chi connectivity index (χ1n) is 6.74. The molecule has 2 amide bonds. The van der Waals surface area contributed by atoms with Gasteiger partial charge in [0, 0.05) is 19.1 Å². The maximum atomic E-state index is 12.2. The molecule has 2 rings (SSSR count). The van der Waals surface area contributed by atoms with Gasteiger partial charge >= 0.3 is 12.0 Å². The third-order valence-electron chi connectivity index (χ3n) is 3.53. The number of hydrogen-bond acceptors (Lipinski definition) is 4. The first kappa shape index (κ1) is 15.1. The van der Waals surface area contributed by atoms with E-state index in [0.29, 0.717) is 18.8 Å². The average molecular weight is 293 g/mol. The molecule has 7 heteroatoms. The summed E-state index contributed by atoms with van der Waals surface area (Å²) in [7, 11) is 1.45. The SMILES string of the molecule is COc1ccc(NC(=O)N2CCC(N)CC2)c(C(=O)O)c1. The number of carbonyl (C=O) groups is 2. The van der Waals surface area contributed by atoms with Crippen LogP contribution in [0.5, 0.6) is 5.75 Å². The first-order valence-corrected chi connectivity index (χ1v) is 6.74. The highest BCUT2D eigenvalue weighted by molar-refractivity contribution is 6.00. The minimum absolute atomic E-state index is 0.00332. The van der Waals surface area contributed by atoms with Gasteiger partial charge in [-0.25, -0.2) is 9.59 Å². The van der Waals surface area contributed by atoms with E-state index in [-0.39, 0.29) is 23.3 Å². The van der Waals surface area contributed by atoms with Crippen LogP contribution in [0.1, 0.15) is 23.2 Å². The number of anilines is 1. The van der Waals surface area contributed by atoms with Crippen molar-refractivity contribution < 1.29 is 19.4 Å². The number of nitrogens with one attached hydrogen (secondary N) is 1. The molecule has 1 fully saturated rings. The molecule has 1 aliphatic heterocycles. The molecule has 1 saturated heterocycles. The van der Waals surface area contributed by atoms with E-state index in [1.165, 1.54) is 19.2 Å². The second kappa shape index (κ2) is 6.45. The summed E-state index contributed by atoms with van der Waals surface area (Å²) in [5.41, 5.74) is 6.05. The first-order chi connectivity index (χ1) is 10.0. The maximum absolute atomic E-state index is 12.2. The number of likely N-dealkylation sites (tertiary alicyclic amines) is 1. The fraction of sp³-hybridized carbons (Fsp3) is 0.429. The summed E-state index contributed by atoms with van der Waals surface area (Å²) < 4.78 is 4.99. The minimum atomic E-state index is -1.12. The van der Waals surface area contributed by atoms with E-state index in [1.807, 2.05) is 0 Å². The lowest BCUT2D eigenvalue weighted by molar-refractivity contribution is 0.0697. The van der Waals surface area contributed by atoms with Gasteiger partial charge < -0.3 is 25.8 Å². The smallest absolute Gasteiger partial charge is 0.337 e. The van der Waals surface area contributed by atoms with Gasteiger partial charge in [0.25, 0.3) is 0 Å². The molecule has 1 heterocycles. The van der Waals surface area contributed by atoms with Crippen molar-refractivity contribution in [3.63, 3.8) is 0 Å². The molecule has 1 aromatic carbocycles. The van der Waals surface area contributed by atoms with E-state index >= 15 is 0 Å². The van der Waals surface area contributed by atoms with Crippen LogP contribution in [0.25, 0.3) is 0 Å². The number of carbonyl (C=O) groups excluding carboxylic acids is 1. The number of urea groups is 1. The van der Waals surface area contributed by atoms with Gasteiger partial charge in [-0.05, 0) is 31.0 Å². The van der Waals surface area contributed by atoms with E-state index in [2.05, 4.69) is 5.32 Å². The van der Waals surface area contributed by atoms with Crippen LogP contribution < -0.4 is 15.8 Å². The Morgan fingerprint density at radius 1 is 1.38 bits per heavy atom. The van der Waals surface area contributed by atoms with Crippen molar-refractivity contribution >= 4 is 17.7 Å². The number of ether oxygens (including phenoxy) is 1. The predicted octanol–water partition coefficient (Wildman–Crippen LogP) is 1.35.